The van der Waals surface area contributed by atoms with Gasteiger partial charge in [0, 0.05) is 13.1 Å². The number of nitrogens with one attached hydrogen (secondary N) is 2. The first kappa shape index (κ1) is 20.3. The van der Waals surface area contributed by atoms with E-state index in [1.165, 1.54) is 11.1 Å². The maximum atomic E-state index is 5.17. The van der Waals surface area contributed by atoms with Crippen molar-refractivity contribution in [2.24, 2.45) is 4.99 Å². The Balaban J connectivity index is 0.00000288. The smallest absolute Gasteiger partial charge is 0.191 e. The van der Waals surface area contributed by atoms with Crippen LogP contribution in [0, 0.1) is 6.92 Å². The van der Waals surface area contributed by atoms with E-state index >= 15 is 0 Å². The number of aliphatic imine (C=N–C) groups is 1. The first-order chi connectivity index (χ1) is 11.2. The van der Waals surface area contributed by atoms with Gasteiger partial charge in [0.05, 0.1) is 13.7 Å². The Labute approximate surface area is 161 Å². The third-order valence-corrected chi connectivity index (χ3v) is 3.50. The maximum absolute atomic E-state index is 5.17. The van der Waals surface area contributed by atoms with Crippen LogP contribution in [-0.2, 0) is 13.1 Å². The first-order valence-corrected chi connectivity index (χ1v) is 7.92. The molecule has 2 rings (SSSR count). The van der Waals surface area contributed by atoms with Gasteiger partial charge in [0.15, 0.2) is 5.96 Å². The molecule has 2 aromatic carbocycles. The lowest BCUT2D eigenvalue weighted by molar-refractivity contribution is 0.414. The number of nitrogens with zero attached hydrogens (tertiary/aromatic N) is 1. The highest BCUT2D eigenvalue weighted by Gasteiger charge is 1.99. The molecule has 2 N–H and O–H groups in total. The van der Waals surface area contributed by atoms with Gasteiger partial charge in [-0.25, -0.2) is 4.99 Å². The predicted molar refractivity (Wildman–Crippen MR) is 111 cm³/mol. The Kier molecular flexibility index (Phi) is 9.22. The summed E-state index contributed by atoms with van der Waals surface area (Å²) >= 11 is 0. The zero-order chi connectivity index (χ0) is 16.5. The van der Waals surface area contributed by atoms with E-state index in [4.69, 9.17) is 4.74 Å². The molecule has 0 aliphatic heterocycles. The van der Waals surface area contributed by atoms with Crippen LogP contribution < -0.4 is 15.4 Å². The van der Waals surface area contributed by atoms with Crippen LogP contribution in [0.1, 0.15) is 23.6 Å². The summed E-state index contributed by atoms with van der Waals surface area (Å²) in [6.07, 6.45) is 0. The first-order valence-electron chi connectivity index (χ1n) is 7.92. The van der Waals surface area contributed by atoms with Gasteiger partial charge < -0.3 is 15.4 Å². The summed E-state index contributed by atoms with van der Waals surface area (Å²) in [5.74, 6) is 1.69. The number of hydrogen-bond donors (Lipinski definition) is 2. The van der Waals surface area contributed by atoms with Crippen molar-refractivity contribution in [3.63, 3.8) is 0 Å². The van der Waals surface area contributed by atoms with E-state index in [0.29, 0.717) is 6.54 Å². The monoisotopic (exact) mass is 439 g/mol. The summed E-state index contributed by atoms with van der Waals surface area (Å²) in [7, 11) is 1.67. The molecule has 0 saturated carbocycles. The zero-order valence-corrected chi connectivity index (χ0v) is 16.8. The average molecular weight is 439 g/mol. The van der Waals surface area contributed by atoms with Crippen LogP contribution in [0.25, 0.3) is 0 Å². The molecule has 0 spiro atoms. The summed E-state index contributed by atoms with van der Waals surface area (Å²) < 4.78 is 5.17. The molecular weight excluding hydrogens is 413 g/mol. The van der Waals surface area contributed by atoms with Crippen molar-refractivity contribution >= 4 is 29.9 Å². The molecular formula is C19H26IN3O. The molecule has 5 heteroatoms. The van der Waals surface area contributed by atoms with Crippen LogP contribution >= 0.6 is 24.0 Å². The van der Waals surface area contributed by atoms with E-state index in [-0.39, 0.29) is 24.0 Å². The maximum Gasteiger partial charge on any atom is 0.191 e. The second-order valence-corrected chi connectivity index (χ2v) is 5.38. The Morgan fingerprint density at radius 2 is 1.58 bits per heavy atom. The van der Waals surface area contributed by atoms with Crippen molar-refractivity contribution in [3.8, 4) is 5.75 Å². The second-order valence-electron chi connectivity index (χ2n) is 5.38. The minimum atomic E-state index is 0. The number of rotatable bonds is 6. The minimum Gasteiger partial charge on any atom is -0.497 e. The quantitative estimate of drug-likeness (QED) is 0.408. The van der Waals surface area contributed by atoms with Gasteiger partial charge >= 0.3 is 0 Å². The summed E-state index contributed by atoms with van der Waals surface area (Å²) in [5, 5.41) is 6.63. The standard InChI is InChI=1S/C19H25N3O.HI/c1-4-20-19(21-13-16-7-5-15(2)6-8-16)22-14-17-9-11-18(23-3)12-10-17;/h5-12H,4,13-14H2,1-3H3,(H2,20,21,22);1H. The highest BCUT2D eigenvalue weighted by molar-refractivity contribution is 14.0. The van der Waals surface area contributed by atoms with Crippen molar-refractivity contribution in [2.45, 2.75) is 26.9 Å². The fourth-order valence-electron chi connectivity index (χ4n) is 2.13. The molecule has 0 amide bonds. The minimum absolute atomic E-state index is 0. The highest BCUT2D eigenvalue weighted by atomic mass is 127. The van der Waals surface area contributed by atoms with Crippen LogP contribution in [0.15, 0.2) is 53.5 Å². The molecule has 130 valence electrons. The molecule has 0 radical (unpaired) electrons. The van der Waals surface area contributed by atoms with Crippen LogP contribution in [0.2, 0.25) is 0 Å². The van der Waals surface area contributed by atoms with E-state index in [0.717, 1.165) is 30.4 Å². The topological polar surface area (TPSA) is 45.7 Å². The number of benzene rings is 2. The summed E-state index contributed by atoms with van der Waals surface area (Å²) in [6, 6.07) is 16.5. The van der Waals surface area contributed by atoms with E-state index in [1.54, 1.807) is 7.11 Å². The normalized spacial score (nSPS) is 10.7. The molecule has 24 heavy (non-hydrogen) atoms. The SMILES string of the molecule is CCNC(=NCc1ccc(OC)cc1)NCc1ccc(C)cc1.I. The van der Waals surface area contributed by atoms with Crippen LogP contribution in [0.3, 0.4) is 0 Å². The molecule has 4 nitrogen and oxygen atoms in total. The van der Waals surface area contributed by atoms with Gasteiger partial charge in [0.1, 0.15) is 5.75 Å². The van der Waals surface area contributed by atoms with Gasteiger partial charge in [-0.15, -0.1) is 24.0 Å². The van der Waals surface area contributed by atoms with Crippen molar-refractivity contribution in [2.75, 3.05) is 13.7 Å². The van der Waals surface area contributed by atoms with Crippen molar-refractivity contribution in [1.29, 1.82) is 0 Å². The van der Waals surface area contributed by atoms with E-state index in [1.807, 2.05) is 24.3 Å². The largest absolute Gasteiger partial charge is 0.497 e. The summed E-state index contributed by atoms with van der Waals surface area (Å²) in [5.41, 5.74) is 3.66. The molecule has 0 atom stereocenters. The molecule has 0 fully saturated rings. The van der Waals surface area contributed by atoms with Crippen LogP contribution in [-0.4, -0.2) is 19.6 Å². The van der Waals surface area contributed by atoms with Gasteiger partial charge in [0.25, 0.3) is 0 Å². The molecule has 0 heterocycles. The number of aryl methyl sites for hydroxylation is 1. The Morgan fingerprint density at radius 3 is 2.17 bits per heavy atom. The molecule has 0 aromatic heterocycles. The third-order valence-electron chi connectivity index (χ3n) is 3.50. The number of guanidine groups is 1. The number of halogens is 1. The Hall–Kier alpha value is -1.76. The second kappa shape index (κ2) is 10.9. The molecule has 2 aromatic rings. The number of hydrogen-bond acceptors (Lipinski definition) is 2. The van der Waals surface area contributed by atoms with E-state index in [2.05, 4.69) is 53.7 Å². The lowest BCUT2D eigenvalue weighted by atomic mass is 10.1. The molecule has 0 aliphatic carbocycles. The van der Waals surface area contributed by atoms with Crippen molar-refractivity contribution in [3.05, 3.63) is 65.2 Å². The van der Waals surface area contributed by atoms with Gasteiger partial charge in [-0.1, -0.05) is 42.0 Å². The number of ether oxygens (including phenoxy) is 1. The number of methoxy groups -OCH3 is 1. The fraction of sp³-hybridized carbons (Fsp3) is 0.316. The van der Waals surface area contributed by atoms with Gasteiger partial charge in [-0.2, -0.15) is 0 Å². The van der Waals surface area contributed by atoms with Crippen molar-refractivity contribution in [1.82, 2.24) is 10.6 Å². The third kappa shape index (κ3) is 6.78. The van der Waals surface area contributed by atoms with Crippen LogP contribution in [0.5, 0.6) is 5.75 Å². The summed E-state index contributed by atoms with van der Waals surface area (Å²) in [4.78, 5) is 4.63. The van der Waals surface area contributed by atoms with E-state index < -0.39 is 0 Å². The lowest BCUT2D eigenvalue weighted by Crippen LogP contribution is -2.36. The van der Waals surface area contributed by atoms with Gasteiger partial charge in [-0.3, -0.25) is 0 Å². The highest BCUT2D eigenvalue weighted by Crippen LogP contribution is 2.11. The molecule has 0 saturated heterocycles. The lowest BCUT2D eigenvalue weighted by Gasteiger charge is -2.11. The molecule has 0 bridgehead atoms. The van der Waals surface area contributed by atoms with Gasteiger partial charge in [0.2, 0.25) is 0 Å². The van der Waals surface area contributed by atoms with Crippen molar-refractivity contribution < 1.29 is 4.74 Å². The average Bonchev–Trinajstić information content (AvgIpc) is 2.59. The fourth-order valence-corrected chi connectivity index (χ4v) is 2.13. The van der Waals surface area contributed by atoms with E-state index in [9.17, 15) is 0 Å². The van der Waals surface area contributed by atoms with Crippen LogP contribution in [0.4, 0.5) is 0 Å². The molecule has 0 aliphatic rings. The van der Waals surface area contributed by atoms with Gasteiger partial charge in [-0.05, 0) is 37.1 Å². The Bertz CT molecular complexity index is 624. The predicted octanol–water partition coefficient (Wildman–Crippen LogP) is 3.88. The Morgan fingerprint density at radius 1 is 0.958 bits per heavy atom. The molecule has 0 unspecified atom stereocenters. The zero-order valence-electron chi connectivity index (χ0n) is 14.5. The summed E-state index contributed by atoms with van der Waals surface area (Å²) in [6.45, 7) is 6.39.